The summed E-state index contributed by atoms with van der Waals surface area (Å²) in [7, 11) is -0.0304. The number of rotatable bonds is 8. The molecule has 1 unspecified atom stereocenters. The smallest absolute Gasteiger partial charge is 0.182 e. The van der Waals surface area contributed by atoms with Crippen molar-refractivity contribution in [2.24, 2.45) is 6.26 Å². The summed E-state index contributed by atoms with van der Waals surface area (Å²) in [6.45, 7) is 0. The van der Waals surface area contributed by atoms with Crippen molar-refractivity contribution in [1.82, 2.24) is 0 Å². The molecule has 9 rings (SSSR count). The van der Waals surface area contributed by atoms with E-state index >= 15 is 0 Å². The Balaban J connectivity index is 1.07. The van der Waals surface area contributed by atoms with Crippen LogP contribution in [0.1, 0.15) is 0 Å². The van der Waals surface area contributed by atoms with Crippen molar-refractivity contribution in [2.75, 3.05) is 9.80 Å². The van der Waals surface area contributed by atoms with Crippen molar-refractivity contribution in [3.05, 3.63) is 206 Å². The monoisotopic (exact) mass is 685 g/mol. The summed E-state index contributed by atoms with van der Waals surface area (Å²) in [5.74, 6) is 0. The molecular weight excluding hydrogens is 649 g/mol. The van der Waals surface area contributed by atoms with Gasteiger partial charge in [-0.3, -0.25) is 0 Å². The van der Waals surface area contributed by atoms with Crippen LogP contribution in [0.3, 0.4) is 0 Å². The highest BCUT2D eigenvalue weighted by Crippen LogP contribution is 2.47. The van der Waals surface area contributed by atoms with E-state index in [-0.39, 0.29) is 10.5 Å². The quantitative estimate of drug-likeness (QED) is 0.147. The first-order chi connectivity index (χ1) is 25.7. The summed E-state index contributed by atoms with van der Waals surface area (Å²) in [6, 6.07) is 74.2. The molecule has 248 valence electrons. The molecule has 0 aliphatic carbocycles. The zero-order valence-electron chi connectivity index (χ0n) is 28.9. The normalized spacial score (nSPS) is 11.5. The van der Waals surface area contributed by atoms with Crippen molar-refractivity contribution in [1.29, 1.82) is 0 Å². The Bertz CT molecular complexity index is 2520. The fraction of sp³-hybridized carbons (Fsp3) is 0.0204. The molecule has 0 aliphatic rings. The van der Waals surface area contributed by atoms with Crippen LogP contribution in [0.4, 0.5) is 34.1 Å². The molecule has 3 heteroatoms. The van der Waals surface area contributed by atoms with Crippen LogP contribution >= 0.6 is 10.5 Å². The fourth-order valence-electron chi connectivity index (χ4n) is 7.38. The Morgan fingerprint density at radius 2 is 0.731 bits per heavy atom. The molecule has 1 atom stereocenters. The first-order valence-corrected chi connectivity index (χ1v) is 19.3. The molecule has 0 spiro atoms. The van der Waals surface area contributed by atoms with Crippen LogP contribution in [-0.2, 0) is 6.26 Å². The molecule has 0 amide bonds. The summed E-state index contributed by atoms with van der Waals surface area (Å²) in [4.78, 5) is 4.62. The summed E-state index contributed by atoms with van der Waals surface area (Å²) in [5, 5.41) is 2.71. The Morgan fingerprint density at radius 3 is 1.19 bits per heavy atom. The van der Waals surface area contributed by atoms with Crippen LogP contribution in [0.5, 0.6) is 0 Å². The zero-order valence-corrected chi connectivity index (χ0v) is 29.7. The molecule has 1 aromatic heterocycles. The van der Waals surface area contributed by atoms with E-state index in [0.717, 1.165) is 34.1 Å². The van der Waals surface area contributed by atoms with Gasteiger partial charge in [0.15, 0.2) is 9.40 Å². The van der Waals surface area contributed by atoms with E-state index in [1.54, 1.807) is 0 Å². The highest BCUT2D eigenvalue weighted by Gasteiger charge is 2.22. The molecule has 0 bridgehead atoms. The first-order valence-electron chi connectivity index (χ1n) is 17.7. The van der Waals surface area contributed by atoms with E-state index in [9.17, 15) is 0 Å². The molecule has 0 radical (unpaired) electrons. The van der Waals surface area contributed by atoms with Gasteiger partial charge in [-0.1, -0.05) is 115 Å². The van der Waals surface area contributed by atoms with Crippen LogP contribution in [0.15, 0.2) is 206 Å². The maximum Gasteiger partial charge on any atom is 0.182 e. The molecule has 0 aliphatic heterocycles. The van der Waals surface area contributed by atoms with Crippen molar-refractivity contribution in [3.8, 4) is 22.3 Å². The van der Waals surface area contributed by atoms with Crippen molar-refractivity contribution < 1.29 is 0 Å². The number of fused-ring (bicyclic) bond motifs is 3. The average molecular weight is 686 g/mol. The number of hydrogen-bond acceptors (Lipinski definition) is 2. The highest BCUT2D eigenvalue weighted by atomic mass is 32.2. The maximum atomic E-state index is 2.42. The minimum absolute atomic E-state index is 0.0304. The van der Waals surface area contributed by atoms with Gasteiger partial charge in [-0.25, -0.2) is 0 Å². The average Bonchev–Trinajstić information content (AvgIpc) is 3.51. The molecule has 0 N–H and O–H groups in total. The van der Waals surface area contributed by atoms with Gasteiger partial charge >= 0.3 is 0 Å². The van der Waals surface area contributed by atoms with Crippen molar-refractivity contribution >= 4 is 64.8 Å². The molecule has 0 saturated carbocycles. The summed E-state index contributed by atoms with van der Waals surface area (Å²) < 4.78 is 2.83. The Morgan fingerprint density at radius 1 is 0.327 bits per heavy atom. The van der Waals surface area contributed by atoms with Gasteiger partial charge in [0.2, 0.25) is 0 Å². The van der Waals surface area contributed by atoms with Crippen LogP contribution in [0.2, 0.25) is 0 Å². The van der Waals surface area contributed by atoms with Crippen molar-refractivity contribution in [3.63, 3.8) is 0 Å². The third-order valence-electron chi connectivity index (χ3n) is 9.89. The number of thiophene rings is 1. The zero-order chi connectivity index (χ0) is 34.9. The lowest BCUT2D eigenvalue weighted by molar-refractivity contribution is 1.28. The van der Waals surface area contributed by atoms with Gasteiger partial charge in [0.1, 0.15) is 6.26 Å². The van der Waals surface area contributed by atoms with Gasteiger partial charge in [0.05, 0.1) is 5.39 Å². The molecular formula is C49H37N2S+. The second-order valence-electron chi connectivity index (χ2n) is 13.0. The number of nitrogens with zero attached hydrogens (tertiary/aromatic N) is 2. The third kappa shape index (κ3) is 5.81. The number of hydrogen-bond donors (Lipinski definition) is 0. The molecule has 9 aromatic rings. The van der Waals surface area contributed by atoms with E-state index in [4.69, 9.17) is 0 Å². The van der Waals surface area contributed by atoms with Crippen LogP contribution in [0.25, 0.3) is 42.4 Å². The summed E-state index contributed by atoms with van der Waals surface area (Å²) >= 11 is 0. The Labute approximate surface area is 308 Å². The molecule has 8 aromatic carbocycles. The molecule has 2 nitrogen and oxygen atoms in total. The Kier molecular flexibility index (Phi) is 8.32. The van der Waals surface area contributed by atoms with Gasteiger partial charge < -0.3 is 9.80 Å². The summed E-state index contributed by atoms with van der Waals surface area (Å²) in [6.07, 6.45) is 2.37. The minimum Gasteiger partial charge on any atom is -0.311 e. The fourth-order valence-corrected chi connectivity index (χ4v) is 9.23. The Hall–Kier alpha value is -6.42. The van der Waals surface area contributed by atoms with Gasteiger partial charge in [-0.15, -0.1) is 0 Å². The van der Waals surface area contributed by atoms with Gasteiger partial charge in [-0.05, 0) is 118 Å². The van der Waals surface area contributed by atoms with Gasteiger partial charge in [0, 0.05) is 45.6 Å². The van der Waals surface area contributed by atoms with Gasteiger partial charge in [0.25, 0.3) is 0 Å². The number of aryl methyl sites for hydroxylation is 1. The molecule has 1 heterocycles. The highest BCUT2D eigenvalue weighted by molar-refractivity contribution is 7.41. The number of benzene rings is 8. The lowest BCUT2D eigenvalue weighted by Crippen LogP contribution is -2.09. The van der Waals surface area contributed by atoms with E-state index in [0.29, 0.717) is 0 Å². The third-order valence-corrected chi connectivity index (χ3v) is 11.9. The maximum absolute atomic E-state index is 2.42. The van der Waals surface area contributed by atoms with Gasteiger partial charge in [-0.2, -0.15) is 0 Å². The first kappa shape index (κ1) is 31.6. The largest absolute Gasteiger partial charge is 0.311 e. The SMILES string of the molecule is C[s+]1c2cc(-c3ccc(N(c4ccccc4)c4ccccc4)cc3)ccc2c2c(-c3ccc(N(c4ccccc4)c4ccccc4)cc3)cccc21. The van der Waals surface area contributed by atoms with Crippen LogP contribution in [0, 0.1) is 0 Å². The van der Waals surface area contributed by atoms with E-state index in [1.165, 1.54) is 42.4 Å². The minimum atomic E-state index is -0.0304. The lowest BCUT2D eigenvalue weighted by atomic mass is 9.97. The lowest BCUT2D eigenvalue weighted by Gasteiger charge is -2.25. The van der Waals surface area contributed by atoms with Crippen molar-refractivity contribution in [2.45, 2.75) is 0 Å². The van der Waals surface area contributed by atoms with E-state index in [1.807, 2.05) is 0 Å². The second-order valence-corrected chi connectivity index (χ2v) is 14.9. The van der Waals surface area contributed by atoms with Crippen LogP contribution in [-0.4, -0.2) is 0 Å². The van der Waals surface area contributed by atoms with E-state index < -0.39 is 0 Å². The molecule has 52 heavy (non-hydrogen) atoms. The summed E-state index contributed by atoms with van der Waals surface area (Å²) in [5.41, 5.74) is 11.8. The number of para-hydroxylation sites is 4. The predicted molar refractivity (Wildman–Crippen MR) is 225 cm³/mol. The molecule has 0 fully saturated rings. The van der Waals surface area contributed by atoms with Crippen LogP contribution < -0.4 is 9.80 Å². The number of anilines is 6. The molecule has 0 saturated heterocycles. The topological polar surface area (TPSA) is 6.48 Å². The van der Waals surface area contributed by atoms with E-state index in [2.05, 4.69) is 222 Å². The standard InChI is InChI=1S/C49H37N2S/c1-52-47-24-14-23-45(37-27-32-44(33-28-37)51(41-19-10-4-11-20-41)42-21-12-5-13-22-42)49(47)46-34-29-38(35-48(46)52)36-25-30-43(31-26-36)50(39-15-6-2-7-16-39)40-17-8-3-9-18-40/h2-35H,1H3/q+1. The second kappa shape index (κ2) is 13.7. The predicted octanol–water partition coefficient (Wildman–Crippen LogP) is 14.6.